The van der Waals surface area contributed by atoms with Crippen LogP contribution in [-0.4, -0.2) is 41.2 Å². The van der Waals surface area contributed by atoms with Crippen LogP contribution in [0.15, 0.2) is 24.3 Å². The lowest BCUT2D eigenvalue weighted by Gasteiger charge is -2.38. The standard InChI is InChI=1S/C19H26N2O4/c1-19(2)18(24)21(15-5-3-4-6-16(15)25-19)12-11-17(23)20-13-7-9-14(22)10-8-13/h3-6,13-14,22H,7-12H2,1-2H3,(H,20,23). The van der Waals surface area contributed by atoms with E-state index in [-0.39, 0.29) is 30.4 Å². The Labute approximate surface area is 148 Å². The summed E-state index contributed by atoms with van der Waals surface area (Å²) in [5, 5.41) is 12.6. The number of hydrogen-bond acceptors (Lipinski definition) is 4. The Morgan fingerprint density at radius 1 is 1.28 bits per heavy atom. The van der Waals surface area contributed by atoms with E-state index in [2.05, 4.69) is 5.32 Å². The highest BCUT2D eigenvalue weighted by Gasteiger charge is 2.40. The maximum absolute atomic E-state index is 12.7. The number of hydrogen-bond donors (Lipinski definition) is 2. The minimum Gasteiger partial charge on any atom is -0.476 e. The van der Waals surface area contributed by atoms with Gasteiger partial charge < -0.3 is 20.1 Å². The summed E-state index contributed by atoms with van der Waals surface area (Å²) in [7, 11) is 0. The van der Waals surface area contributed by atoms with Crippen molar-refractivity contribution in [3.05, 3.63) is 24.3 Å². The van der Waals surface area contributed by atoms with Gasteiger partial charge in [-0.2, -0.15) is 0 Å². The lowest BCUT2D eigenvalue weighted by atomic mass is 9.93. The molecule has 0 aromatic heterocycles. The largest absolute Gasteiger partial charge is 0.476 e. The van der Waals surface area contributed by atoms with Gasteiger partial charge in [0.25, 0.3) is 5.91 Å². The number of aliphatic hydroxyl groups excluding tert-OH is 1. The molecule has 1 aromatic rings. The summed E-state index contributed by atoms with van der Waals surface area (Å²) in [4.78, 5) is 26.6. The molecule has 0 bridgehead atoms. The SMILES string of the molecule is CC1(C)Oc2ccccc2N(CCC(=O)NC2CCC(O)CC2)C1=O. The maximum Gasteiger partial charge on any atom is 0.270 e. The van der Waals surface area contributed by atoms with Gasteiger partial charge >= 0.3 is 0 Å². The number of fused-ring (bicyclic) bond motifs is 1. The van der Waals surface area contributed by atoms with Gasteiger partial charge in [0.2, 0.25) is 5.91 Å². The second-order valence-electron chi connectivity index (χ2n) is 7.36. The summed E-state index contributed by atoms with van der Waals surface area (Å²) >= 11 is 0. The normalized spacial score (nSPS) is 25.1. The molecule has 2 amide bonds. The Kier molecular flexibility index (Phi) is 4.99. The molecule has 1 aliphatic heterocycles. The van der Waals surface area contributed by atoms with Crippen LogP contribution >= 0.6 is 0 Å². The van der Waals surface area contributed by atoms with Crippen molar-refractivity contribution in [2.24, 2.45) is 0 Å². The zero-order valence-electron chi connectivity index (χ0n) is 14.8. The Morgan fingerprint density at radius 2 is 1.96 bits per heavy atom. The number of ether oxygens (including phenoxy) is 1. The Balaban J connectivity index is 1.62. The van der Waals surface area contributed by atoms with Crippen molar-refractivity contribution in [3.8, 4) is 5.75 Å². The quantitative estimate of drug-likeness (QED) is 0.874. The third-order valence-electron chi connectivity index (χ3n) is 4.91. The van der Waals surface area contributed by atoms with Gasteiger partial charge in [0.05, 0.1) is 11.8 Å². The summed E-state index contributed by atoms with van der Waals surface area (Å²) in [6.45, 7) is 3.81. The van der Waals surface area contributed by atoms with Gasteiger partial charge in [0, 0.05) is 19.0 Å². The van der Waals surface area contributed by atoms with Crippen molar-refractivity contribution in [1.82, 2.24) is 5.32 Å². The molecule has 6 heteroatoms. The predicted molar refractivity (Wildman–Crippen MR) is 94.5 cm³/mol. The third-order valence-corrected chi connectivity index (χ3v) is 4.91. The molecule has 2 aliphatic rings. The zero-order chi connectivity index (χ0) is 18.0. The Morgan fingerprint density at radius 3 is 2.68 bits per heavy atom. The summed E-state index contributed by atoms with van der Waals surface area (Å²) < 4.78 is 5.78. The molecule has 1 aromatic carbocycles. The molecular weight excluding hydrogens is 320 g/mol. The van der Waals surface area contributed by atoms with Crippen LogP contribution in [0.2, 0.25) is 0 Å². The van der Waals surface area contributed by atoms with Crippen LogP contribution in [0.3, 0.4) is 0 Å². The third kappa shape index (κ3) is 3.95. The first kappa shape index (κ1) is 17.7. The minimum atomic E-state index is -0.940. The van der Waals surface area contributed by atoms with E-state index in [9.17, 15) is 14.7 Å². The molecule has 25 heavy (non-hydrogen) atoms. The topological polar surface area (TPSA) is 78.9 Å². The number of para-hydroxylation sites is 2. The molecule has 1 saturated carbocycles. The van der Waals surface area contributed by atoms with Gasteiger partial charge in [0.1, 0.15) is 5.75 Å². The van der Waals surface area contributed by atoms with Gasteiger partial charge in [-0.3, -0.25) is 9.59 Å². The van der Waals surface area contributed by atoms with E-state index in [0.717, 1.165) is 25.7 Å². The number of aliphatic hydroxyl groups is 1. The Bertz CT molecular complexity index is 651. The fourth-order valence-corrected chi connectivity index (χ4v) is 3.47. The van der Waals surface area contributed by atoms with E-state index < -0.39 is 5.60 Å². The Hall–Kier alpha value is -2.08. The van der Waals surface area contributed by atoms with Crippen molar-refractivity contribution in [2.45, 2.75) is 63.7 Å². The van der Waals surface area contributed by atoms with Crippen LogP contribution in [-0.2, 0) is 9.59 Å². The smallest absolute Gasteiger partial charge is 0.270 e. The summed E-state index contributed by atoms with van der Waals surface area (Å²) in [6, 6.07) is 7.52. The summed E-state index contributed by atoms with van der Waals surface area (Å²) in [5.74, 6) is 0.463. The molecule has 1 heterocycles. The summed E-state index contributed by atoms with van der Waals surface area (Å²) in [5.41, 5.74) is -0.231. The van der Waals surface area contributed by atoms with Crippen molar-refractivity contribution < 1.29 is 19.4 Å². The number of rotatable bonds is 4. The first-order valence-corrected chi connectivity index (χ1v) is 8.94. The highest BCUT2D eigenvalue weighted by atomic mass is 16.5. The molecular formula is C19H26N2O4. The van der Waals surface area contributed by atoms with Crippen LogP contribution in [0.25, 0.3) is 0 Å². The molecule has 0 saturated heterocycles. The highest BCUT2D eigenvalue weighted by Crippen LogP contribution is 2.37. The van der Waals surface area contributed by atoms with Crippen molar-refractivity contribution in [2.75, 3.05) is 11.4 Å². The number of nitrogens with one attached hydrogen (secondary N) is 1. The molecule has 1 aliphatic carbocycles. The van der Waals surface area contributed by atoms with Crippen molar-refractivity contribution in [3.63, 3.8) is 0 Å². The average molecular weight is 346 g/mol. The van der Waals surface area contributed by atoms with Gasteiger partial charge in [0.15, 0.2) is 5.60 Å². The maximum atomic E-state index is 12.7. The van der Waals surface area contributed by atoms with Crippen LogP contribution < -0.4 is 15.0 Å². The lowest BCUT2D eigenvalue weighted by molar-refractivity contribution is -0.132. The van der Waals surface area contributed by atoms with Gasteiger partial charge in [-0.05, 0) is 51.7 Å². The van der Waals surface area contributed by atoms with Crippen LogP contribution in [0.5, 0.6) is 5.75 Å². The van der Waals surface area contributed by atoms with Crippen molar-refractivity contribution in [1.29, 1.82) is 0 Å². The monoisotopic (exact) mass is 346 g/mol. The molecule has 136 valence electrons. The first-order chi connectivity index (χ1) is 11.9. The number of amides is 2. The van der Waals surface area contributed by atoms with Gasteiger partial charge in [-0.1, -0.05) is 12.1 Å². The molecule has 1 fully saturated rings. The van der Waals surface area contributed by atoms with Crippen LogP contribution in [0, 0.1) is 0 Å². The number of nitrogens with zero attached hydrogens (tertiary/aromatic N) is 1. The number of anilines is 1. The van der Waals surface area contributed by atoms with E-state index in [1.54, 1.807) is 18.7 Å². The molecule has 6 nitrogen and oxygen atoms in total. The zero-order valence-corrected chi connectivity index (χ0v) is 14.8. The fraction of sp³-hybridized carbons (Fsp3) is 0.579. The van der Waals surface area contributed by atoms with Gasteiger partial charge in [-0.25, -0.2) is 0 Å². The number of benzene rings is 1. The lowest BCUT2D eigenvalue weighted by Crippen LogP contribution is -2.53. The first-order valence-electron chi connectivity index (χ1n) is 8.94. The van der Waals surface area contributed by atoms with Crippen LogP contribution in [0.1, 0.15) is 46.0 Å². The molecule has 2 N–H and O–H groups in total. The molecule has 0 atom stereocenters. The molecule has 0 radical (unpaired) electrons. The van der Waals surface area contributed by atoms with Crippen molar-refractivity contribution >= 4 is 17.5 Å². The second kappa shape index (κ2) is 7.04. The van der Waals surface area contributed by atoms with E-state index >= 15 is 0 Å². The van der Waals surface area contributed by atoms with E-state index in [0.29, 0.717) is 18.0 Å². The molecule has 0 spiro atoms. The minimum absolute atomic E-state index is 0.0593. The van der Waals surface area contributed by atoms with E-state index in [1.165, 1.54) is 0 Å². The number of carbonyl (C=O) groups excluding carboxylic acids is 2. The van der Waals surface area contributed by atoms with Gasteiger partial charge in [-0.15, -0.1) is 0 Å². The fourth-order valence-electron chi connectivity index (χ4n) is 3.47. The molecule has 0 unspecified atom stereocenters. The predicted octanol–water partition coefficient (Wildman–Crippen LogP) is 2.00. The average Bonchev–Trinajstić information content (AvgIpc) is 2.57. The molecule has 3 rings (SSSR count). The van der Waals surface area contributed by atoms with E-state index in [1.807, 2.05) is 24.3 Å². The van der Waals surface area contributed by atoms with E-state index in [4.69, 9.17) is 4.74 Å². The number of carbonyl (C=O) groups is 2. The second-order valence-corrected chi connectivity index (χ2v) is 7.36. The summed E-state index contributed by atoms with van der Waals surface area (Å²) in [6.07, 6.45) is 3.08. The van der Waals surface area contributed by atoms with Crippen LogP contribution in [0.4, 0.5) is 5.69 Å². The highest BCUT2D eigenvalue weighted by molar-refractivity contribution is 6.02.